The molecule has 3 nitrogen and oxygen atoms in total. The Morgan fingerprint density at radius 3 is 2.35 bits per heavy atom. The van der Waals surface area contributed by atoms with E-state index < -0.39 is 8.32 Å². The van der Waals surface area contributed by atoms with Crippen LogP contribution in [0.15, 0.2) is 18.2 Å². The van der Waals surface area contributed by atoms with Gasteiger partial charge in [0.1, 0.15) is 11.3 Å². The highest BCUT2D eigenvalue weighted by molar-refractivity contribution is 6.74. The Hall–Kier alpha value is -1.29. The van der Waals surface area contributed by atoms with E-state index in [0.717, 1.165) is 5.56 Å². The van der Waals surface area contributed by atoms with Crippen LogP contribution in [0.4, 0.5) is 0 Å². The van der Waals surface area contributed by atoms with Crippen LogP contribution in [0, 0.1) is 6.92 Å². The van der Waals surface area contributed by atoms with Gasteiger partial charge in [-0.05, 0) is 43.6 Å². The molecule has 0 aliphatic rings. The summed E-state index contributed by atoms with van der Waals surface area (Å²) in [7, 11) is -1.98. The zero-order valence-electron chi connectivity index (χ0n) is 13.7. The molecule has 1 aromatic rings. The van der Waals surface area contributed by atoms with Crippen molar-refractivity contribution in [3.63, 3.8) is 0 Å². The molecule has 0 radical (unpaired) electrons. The van der Waals surface area contributed by atoms with E-state index in [0.29, 0.717) is 17.9 Å². The minimum Gasteiger partial charge on any atom is -0.543 e. The van der Waals surface area contributed by atoms with E-state index in [9.17, 15) is 4.79 Å². The first-order valence-electron chi connectivity index (χ1n) is 7.06. The maximum atomic E-state index is 12.1. The second-order valence-corrected chi connectivity index (χ2v) is 11.3. The summed E-state index contributed by atoms with van der Waals surface area (Å²) in [5.41, 5.74) is 1.44. The molecule has 0 heterocycles. The Balaban J connectivity index is 3.20. The van der Waals surface area contributed by atoms with E-state index in [1.54, 1.807) is 0 Å². The van der Waals surface area contributed by atoms with E-state index >= 15 is 0 Å². The standard InChI is InChI=1S/C16H26O3Si/c1-8-18-15(17)14-12(2)10-9-11-13(14)19-20(6,7)16(3,4)5/h9-11H,8H2,1-7H3. The average molecular weight is 294 g/mol. The highest BCUT2D eigenvalue weighted by Gasteiger charge is 2.39. The van der Waals surface area contributed by atoms with Crippen molar-refractivity contribution in [2.24, 2.45) is 0 Å². The van der Waals surface area contributed by atoms with Crippen LogP contribution in [0.5, 0.6) is 5.75 Å². The van der Waals surface area contributed by atoms with E-state index in [2.05, 4.69) is 33.9 Å². The molecule has 0 aliphatic carbocycles. The van der Waals surface area contributed by atoms with Crippen LogP contribution in [-0.4, -0.2) is 20.9 Å². The van der Waals surface area contributed by atoms with Gasteiger partial charge in [-0.2, -0.15) is 0 Å². The molecule has 0 aromatic heterocycles. The van der Waals surface area contributed by atoms with Gasteiger partial charge < -0.3 is 9.16 Å². The van der Waals surface area contributed by atoms with Gasteiger partial charge in [-0.3, -0.25) is 0 Å². The molecule has 0 fully saturated rings. The summed E-state index contributed by atoms with van der Waals surface area (Å²) in [6, 6.07) is 5.69. The monoisotopic (exact) mass is 294 g/mol. The summed E-state index contributed by atoms with van der Waals surface area (Å²) in [5.74, 6) is 0.342. The number of aryl methyl sites for hydroxylation is 1. The van der Waals surface area contributed by atoms with Crippen molar-refractivity contribution < 1.29 is 14.0 Å². The lowest BCUT2D eigenvalue weighted by Gasteiger charge is -2.37. The molecule has 0 aliphatic heterocycles. The fraction of sp³-hybridized carbons (Fsp3) is 0.562. The lowest BCUT2D eigenvalue weighted by molar-refractivity contribution is 0.0523. The second kappa shape index (κ2) is 6.00. The van der Waals surface area contributed by atoms with Crippen LogP contribution in [-0.2, 0) is 4.74 Å². The summed E-state index contributed by atoms with van der Waals surface area (Å²) in [4.78, 5) is 12.1. The van der Waals surface area contributed by atoms with Crippen molar-refractivity contribution in [3.05, 3.63) is 29.3 Å². The Kier molecular flexibility index (Phi) is 5.03. The number of hydrogen-bond donors (Lipinski definition) is 0. The first-order valence-corrected chi connectivity index (χ1v) is 9.96. The van der Waals surface area contributed by atoms with E-state index in [4.69, 9.17) is 9.16 Å². The topological polar surface area (TPSA) is 35.5 Å². The first-order chi connectivity index (χ1) is 9.10. The summed E-state index contributed by atoms with van der Waals surface area (Å²) < 4.78 is 11.4. The molecule has 4 heteroatoms. The predicted molar refractivity (Wildman–Crippen MR) is 85.0 cm³/mol. The van der Waals surface area contributed by atoms with Crippen LogP contribution < -0.4 is 4.43 Å². The summed E-state index contributed by atoms with van der Waals surface area (Å²) in [6.45, 7) is 15.0. The van der Waals surface area contributed by atoms with Crippen molar-refractivity contribution in [1.82, 2.24) is 0 Å². The van der Waals surface area contributed by atoms with Crippen LogP contribution in [0.2, 0.25) is 18.1 Å². The third kappa shape index (κ3) is 3.63. The number of esters is 1. The molecule has 0 spiro atoms. The van der Waals surface area contributed by atoms with Crippen molar-refractivity contribution in [1.29, 1.82) is 0 Å². The van der Waals surface area contributed by atoms with Crippen LogP contribution in [0.1, 0.15) is 43.6 Å². The molecule has 0 saturated carbocycles. The van der Waals surface area contributed by atoms with Crippen LogP contribution >= 0.6 is 0 Å². The molecule has 1 aromatic carbocycles. The Bertz CT molecular complexity index is 487. The molecular formula is C16H26O3Si. The lowest BCUT2D eigenvalue weighted by atomic mass is 10.1. The Morgan fingerprint density at radius 1 is 1.25 bits per heavy atom. The number of carbonyl (C=O) groups is 1. The van der Waals surface area contributed by atoms with Gasteiger partial charge >= 0.3 is 5.97 Å². The number of carbonyl (C=O) groups excluding carboxylic acids is 1. The quantitative estimate of drug-likeness (QED) is 0.603. The van der Waals surface area contributed by atoms with E-state index in [1.807, 2.05) is 32.0 Å². The molecule has 20 heavy (non-hydrogen) atoms. The molecule has 112 valence electrons. The fourth-order valence-electron chi connectivity index (χ4n) is 1.62. The molecular weight excluding hydrogens is 268 g/mol. The zero-order chi connectivity index (χ0) is 15.6. The summed E-state index contributed by atoms with van der Waals surface area (Å²) in [6.07, 6.45) is 0. The maximum absolute atomic E-state index is 12.1. The highest BCUT2D eigenvalue weighted by atomic mass is 28.4. The van der Waals surface area contributed by atoms with Crippen LogP contribution in [0.3, 0.4) is 0 Å². The number of rotatable bonds is 4. The van der Waals surface area contributed by atoms with Gasteiger partial charge in [0.15, 0.2) is 0 Å². The third-order valence-electron chi connectivity index (χ3n) is 3.89. The van der Waals surface area contributed by atoms with Gasteiger partial charge in [0.25, 0.3) is 8.32 Å². The molecule has 0 bridgehead atoms. The predicted octanol–water partition coefficient (Wildman–Crippen LogP) is 4.56. The van der Waals surface area contributed by atoms with Crippen LogP contribution in [0.25, 0.3) is 0 Å². The van der Waals surface area contributed by atoms with Gasteiger partial charge in [-0.25, -0.2) is 4.79 Å². The van der Waals surface area contributed by atoms with Crippen molar-refractivity contribution in [3.8, 4) is 5.75 Å². The summed E-state index contributed by atoms with van der Waals surface area (Å²) in [5, 5.41) is 0.0860. The Labute approximate surface area is 123 Å². The van der Waals surface area contributed by atoms with Gasteiger partial charge in [0.2, 0.25) is 0 Å². The van der Waals surface area contributed by atoms with Gasteiger partial charge in [-0.15, -0.1) is 0 Å². The normalized spacial score (nSPS) is 12.2. The van der Waals surface area contributed by atoms with Gasteiger partial charge in [0, 0.05) is 0 Å². The second-order valence-electron chi connectivity index (χ2n) is 6.53. The number of ether oxygens (including phenoxy) is 1. The molecule has 0 unspecified atom stereocenters. The van der Waals surface area contributed by atoms with Gasteiger partial charge in [0.05, 0.1) is 6.61 Å². The third-order valence-corrected chi connectivity index (χ3v) is 8.23. The smallest absolute Gasteiger partial charge is 0.342 e. The van der Waals surface area contributed by atoms with Crippen molar-refractivity contribution in [2.75, 3.05) is 6.61 Å². The largest absolute Gasteiger partial charge is 0.543 e. The minimum absolute atomic E-state index is 0.0860. The molecule has 1 rings (SSSR count). The van der Waals surface area contributed by atoms with Gasteiger partial charge in [-0.1, -0.05) is 32.9 Å². The molecule has 0 N–H and O–H groups in total. The maximum Gasteiger partial charge on any atom is 0.342 e. The molecule has 0 saturated heterocycles. The minimum atomic E-state index is -1.98. The summed E-state index contributed by atoms with van der Waals surface area (Å²) >= 11 is 0. The van der Waals surface area contributed by atoms with Crippen molar-refractivity contribution >= 4 is 14.3 Å². The SMILES string of the molecule is CCOC(=O)c1c(C)cccc1O[Si](C)(C)C(C)(C)C. The highest BCUT2D eigenvalue weighted by Crippen LogP contribution is 2.38. The average Bonchev–Trinajstić information content (AvgIpc) is 2.27. The Morgan fingerprint density at radius 2 is 1.85 bits per heavy atom. The molecule has 0 amide bonds. The lowest BCUT2D eigenvalue weighted by Crippen LogP contribution is -2.44. The number of benzene rings is 1. The van der Waals surface area contributed by atoms with Crippen molar-refractivity contribution in [2.45, 2.75) is 52.8 Å². The molecule has 0 atom stereocenters. The fourth-order valence-corrected chi connectivity index (χ4v) is 2.64. The van der Waals surface area contributed by atoms with E-state index in [-0.39, 0.29) is 11.0 Å². The zero-order valence-corrected chi connectivity index (χ0v) is 14.7. The first kappa shape index (κ1) is 16.8. The number of hydrogen-bond acceptors (Lipinski definition) is 3. The van der Waals surface area contributed by atoms with E-state index in [1.165, 1.54) is 0 Å².